The smallest absolute Gasteiger partial charge is 0.133 e. The monoisotopic (exact) mass is 284 g/mol. The number of rotatable bonds is 3. The maximum atomic E-state index is 13.4. The van der Waals surface area contributed by atoms with Crippen molar-refractivity contribution >= 4 is 0 Å². The molecule has 0 heterocycles. The molecule has 4 heteroatoms. The lowest BCUT2D eigenvalue weighted by atomic mass is 10.1. The fourth-order valence-electron chi connectivity index (χ4n) is 2.25. The van der Waals surface area contributed by atoms with Crippen molar-refractivity contribution in [2.24, 2.45) is 5.73 Å². The molecule has 0 amide bonds. The summed E-state index contributed by atoms with van der Waals surface area (Å²) in [5, 5.41) is 8.97. The predicted octanol–water partition coefficient (Wildman–Crippen LogP) is 4.13. The molecule has 1 atom stereocenters. The number of ether oxygens (including phenoxy) is 1. The molecule has 2 N–H and O–H groups in total. The third-order valence-electron chi connectivity index (χ3n) is 3.26. The number of aryl methyl sites for hydroxylation is 2. The Hall–Kier alpha value is -2.38. The molecule has 3 nitrogen and oxygen atoms in total. The largest absolute Gasteiger partial charge is 0.456 e. The number of halogens is 1. The van der Waals surface area contributed by atoms with Gasteiger partial charge in [0, 0.05) is 11.6 Å². The van der Waals surface area contributed by atoms with Crippen LogP contribution in [0.1, 0.15) is 35.2 Å². The molecule has 2 aromatic rings. The van der Waals surface area contributed by atoms with E-state index in [4.69, 9.17) is 15.7 Å². The van der Waals surface area contributed by atoms with Crippen LogP contribution < -0.4 is 10.5 Å². The van der Waals surface area contributed by atoms with Crippen LogP contribution in [-0.4, -0.2) is 0 Å². The number of benzene rings is 2. The molecule has 0 unspecified atom stereocenters. The quantitative estimate of drug-likeness (QED) is 0.922. The van der Waals surface area contributed by atoms with Gasteiger partial charge in [-0.1, -0.05) is 0 Å². The minimum Gasteiger partial charge on any atom is -0.456 e. The fraction of sp³-hybridized carbons (Fsp3) is 0.235. The van der Waals surface area contributed by atoms with E-state index in [0.29, 0.717) is 22.6 Å². The second-order valence-corrected chi connectivity index (χ2v) is 5.12. The molecule has 0 aliphatic carbocycles. The fourth-order valence-corrected chi connectivity index (χ4v) is 2.25. The number of nitrogens with zero attached hydrogens (tertiary/aromatic N) is 1. The van der Waals surface area contributed by atoms with E-state index in [0.717, 1.165) is 11.1 Å². The minimum atomic E-state index is -0.345. The van der Waals surface area contributed by atoms with Crippen molar-refractivity contribution in [1.82, 2.24) is 0 Å². The highest BCUT2D eigenvalue weighted by molar-refractivity contribution is 5.50. The Morgan fingerprint density at radius 2 is 1.81 bits per heavy atom. The molecule has 21 heavy (non-hydrogen) atoms. The first-order valence-corrected chi connectivity index (χ1v) is 6.66. The number of nitrogens with two attached hydrogens (primary N) is 1. The van der Waals surface area contributed by atoms with Crippen molar-refractivity contribution in [2.45, 2.75) is 26.8 Å². The molecule has 0 bridgehead atoms. The van der Waals surface area contributed by atoms with E-state index in [1.54, 1.807) is 25.1 Å². The summed E-state index contributed by atoms with van der Waals surface area (Å²) < 4.78 is 19.3. The van der Waals surface area contributed by atoms with Crippen molar-refractivity contribution in [3.05, 3.63) is 58.4 Å². The highest BCUT2D eigenvalue weighted by Gasteiger charge is 2.13. The molecular formula is C17H17FN2O. The van der Waals surface area contributed by atoms with Gasteiger partial charge in [-0.15, -0.1) is 0 Å². The van der Waals surface area contributed by atoms with Crippen molar-refractivity contribution in [1.29, 1.82) is 5.26 Å². The summed E-state index contributed by atoms with van der Waals surface area (Å²) in [6.07, 6.45) is 0. The van der Waals surface area contributed by atoms with Crippen molar-refractivity contribution < 1.29 is 9.13 Å². The molecule has 2 rings (SSSR count). The van der Waals surface area contributed by atoms with Gasteiger partial charge in [-0.25, -0.2) is 4.39 Å². The summed E-state index contributed by atoms with van der Waals surface area (Å²) in [7, 11) is 0. The summed E-state index contributed by atoms with van der Waals surface area (Å²) in [5.41, 5.74) is 8.77. The van der Waals surface area contributed by atoms with Crippen LogP contribution in [0.5, 0.6) is 11.5 Å². The Kier molecular flexibility index (Phi) is 4.25. The Balaban J connectivity index is 2.46. The molecule has 0 aliphatic rings. The zero-order valence-electron chi connectivity index (χ0n) is 12.3. The molecule has 0 radical (unpaired) electrons. The average Bonchev–Trinajstić information content (AvgIpc) is 2.43. The molecule has 108 valence electrons. The third kappa shape index (κ3) is 3.21. The van der Waals surface area contributed by atoms with E-state index in [1.807, 2.05) is 13.8 Å². The standard InChI is InChI=1S/C17H17FN2O/c1-10-6-13(9-19)7-11(2)17(10)21-16-5-4-14(18)8-15(16)12(3)20/h4-8,12H,20H2,1-3H3/t12-/m0/s1. The van der Waals surface area contributed by atoms with Crippen LogP contribution in [0.3, 0.4) is 0 Å². The van der Waals surface area contributed by atoms with Gasteiger partial charge in [0.15, 0.2) is 0 Å². The Morgan fingerprint density at radius 3 is 2.33 bits per heavy atom. The zero-order chi connectivity index (χ0) is 15.6. The Morgan fingerprint density at radius 1 is 1.19 bits per heavy atom. The van der Waals surface area contributed by atoms with Gasteiger partial charge >= 0.3 is 0 Å². The van der Waals surface area contributed by atoms with Crippen LogP contribution >= 0.6 is 0 Å². The summed E-state index contributed by atoms with van der Waals surface area (Å²) in [5.74, 6) is 0.854. The summed E-state index contributed by atoms with van der Waals surface area (Å²) in [4.78, 5) is 0. The lowest BCUT2D eigenvalue weighted by Gasteiger charge is -2.17. The average molecular weight is 284 g/mol. The van der Waals surface area contributed by atoms with E-state index >= 15 is 0 Å². The summed E-state index contributed by atoms with van der Waals surface area (Å²) in [6, 6.07) is 9.60. The minimum absolute atomic E-state index is 0.338. The van der Waals surface area contributed by atoms with E-state index < -0.39 is 0 Å². The van der Waals surface area contributed by atoms with Crippen molar-refractivity contribution in [3.63, 3.8) is 0 Å². The van der Waals surface area contributed by atoms with Crippen LogP contribution in [0, 0.1) is 31.0 Å². The van der Waals surface area contributed by atoms with Gasteiger partial charge in [0.05, 0.1) is 11.6 Å². The summed E-state index contributed by atoms with van der Waals surface area (Å²) >= 11 is 0. The molecule has 0 aromatic heterocycles. The molecular weight excluding hydrogens is 267 g/mol. The van der Waals surface area contributed by atoms with Crippen LogP contribution in [0.25, 0.3) is 0 Å². The first-order chi connectivity index (χ1) is 9.92. The summed E-state index contributed by atoms with van der Waals surface area (Å²) in [6.45, 7) is 5.52. The zero-order valence-corrected chi connectivity index (χ0v) is 12.3. The van der Waals surface area contributed by atoms with E-state index in [9.17, 15) is 4.39 Å². The van der Waals surface area contributed by atoms with Gasteiger partial charge in [-0.2, -0.15) is 5.26 Å². The predicted molar refractivity (Wildman–Crippen MR) is 79.7 cm³/mol. The lowest BCUT2D eigenvalue weighted by Crippen LogP contribution is -2.07. The number of nitriles is 1. The number of hydrogen-bond acceptors (Lipinski definition) is 3. The molecule has 0 saturated carbocycles. The Labute approximate surface area is 123 Å². The number of hydrogen-bond donors (Lipinski definition) is 1. The molecule has 0 spiro atoms. The molecule has 2 aromatic carbocycles. The maximum absolute atomic E-state index is 13.4. The first-order valence-electron chi connectivity index (χ1n) is 6.66. The topological polar surface area (TPSA) is 59.0 Å². The normalized spacial score (nSPS) is 11.8. The van der Waals surface area contributed by atoms with E-state index in [2.05, 4.69) is 6.07 Å². The second kappa shape index (κ2) is 5.94. The molecule has 0 aliphatic heterocycles. The second-order valence-electron chi connectivity index (χ2n) is 5.12. The SMILES string of the molecule is Cc1cc(C#N)cc(C)c1Oc1ccc(F)cc1[C@H](C)N. The Bertz CT molecular complexity index is 694. The maximum Gasteiger partial charge on any atom is 0.133 e. The van der Waals surface area contributed by atoms with Crippen molar-refractivity contribution in [3.8, 4) is 17.6 Å². The van der Waals surface area contributed by atoms with Crippen molar-refractivity contribution in [2.75, 3.05) is 0 Å². The van der Waals surface area contributed by atoms with Gasteiger partial charge < -0.3 is 10.5 Å². The van der Waals surface area contributed by atoms with E-state index in [-0.39, 0.29) is 11.9 Å². The lowest BCUT2D eigenvalue weighted by molar-refractivity contribution is 0.462. The van der Waals surface area contributed by atoms with E-state index in [1.165, 1.54) is 12.1 Å². The van der Waals surface area contributed by atoms with Gasteiger partial charge in [0.1, 0.15) is 17.3 Å². The van der Waals surface area contributed by atoms with Crippen LogP contribution in [-0.2, 0) is 0 Å². The van der Waals surface area contributed by atoms with Crippen LogP contribution in [0.2, 0.25) is 0 Å². The van der Waals surface area contributed by atoms with Gasteiger partial charge in [0.25, 0.3) is 0 Å². The molecule has 0 fully saturated rings. The van der Waals surface area contributed by atoms with Crippen LogP contribution in [0.15, 0.2) is 30.3 Å². The van der Waals surface area contributed by atoms with Crippen LogP contribution in [0.4, 0.5) is 4.39 Å². The highest BCUT2D eigenvalue weighted by Crippen LogP contribution is 2.33. The van der Waals surface area contributed by atoms with Gasteiger partial charge in [-0.3, -0.25) is 0 Å². The first kappa shape index (κ1) is 15.0. The molecule has 0 saturated heterocycles. The van der Waals surface area contributed by atoms with Gasteiger partial charge in [0.2, 0.25) is 0 Å². The van der Waals surface area contributed by atoms with Gasteiger partial charge in [-0.05, 0) is 62.2 Å². The third-order valence-corrected chi connectivity index (χ3v) is 3.26. The highest BCUT2D eigenvalue weighted by atomic mass is 19.1.